The van der Waals surface area contributed by atoms with E-state index in [1.165, 1.54) is 0 Å². The van der Waals surface area contributed by atoms with Crippen molar-refractivity contribution in [2.24, 2.45) is 5.41 Å². The molecule has 0 fully saturated rings. The summed E-state index contributed by atoms with van der Waals surface area (Å²) in [5.74, 6) is 11.4. The second kappa shape index (κ2) is 4.24. The molecule has 0 saturated carbocycles. The third-order valence-corrected chi connectivity index (χ3v) is 2.73. The van der Waals surface area contributed by atoms with Crippen LogP contribution in [0.5, 0.6) is 0 Å². The number of carbonyl (C=O) groups is 1. The van der Waals surface area contributed by atoms with Crippen LogP contribution >= 0.6 is 0 Å². The van der Waals surface area contributed by atoms with E-state index in [9.17, 15) is 9.90 Å². The van der Waals surface area contributed by atoms with Gasteiger partial charge in [0.15, 0.2) is 0 Å². The Hall–Kier alpha value is -1.77. The van der Waals surface area contributed by atoms with Crippen molar-refractivity contribution in [3.8, 4) is 23.7 Å². The standard InChI is InChI=1S/C15H14O2/c1-15(2)7-6-12-9-14(17)8-11(12)4-3-5-13(16)10-15/h4,9,14,17H,8,10H2,1-2H3/b11-4-. The first kappa shape index (κ1) is 11.7. The van der Waals surface area contributed by atoms with Crippen molar-refractivity contribution in [2.75, 3.05) is 0 Å². The van der Waals surface area contributed by atoms with Crippen LogP contribution in [0.15, 0.2) is 23.3 Å². The molecule has 0 spiro atoms. The van der Waals surface area contributed by atoms with Gasteiger partial charge in [0.05, 0.1) is 6.10 Å². The summed E-state index contributed by atoms with van der Waals surface area (Å²) in [5.41, 5.74) is 1.39. The van der Waals surface area contributed by atoms with E-state index in [1.807, 2.05) is 13.8 Å². The smallest absolute Gasteiger partial charge is 0.207 e. The first-order valence-electron chi connectivity index (χ1n) is 5.63. The Balaban J connectivity index is 2.46. The fourth-order valence-electron chi connectivity index (χ4n) is 1.88. The second-order valence-electron chi connectivity index (χ2n) is 5.02. The van der Waals surface area contributed by atoms with Crippen LogP contribution in [0.1, 0.15) is 26.7 Å². The van der Waals surface area contributed by atoms with Gasteiger partial charge in [-0.25, -0.2) is 0 Å². The predicted octanol–water partition coefficient (Wildman–Crippen LogP) is 1.61. The maximum atomic E-state index is 11.5. The Labute approximate surface area is 101 Å². The molecule has 0 amide bonds. The van der Waals surface area contributed by atoms with Crippen molar-refractivity contribution >= 4 is 5.78 Å². The molecular formula is C15H14O2. The zero-order chi connectivity index (χ0) is 12.5. The van der Waals surface area contributed by atoms with E-state index in [1.54, 1.807) is 12.2 Å². The highest BCUT2D eigenvalue weighted by molar-refractivity contribution is 5.96. The quantitative estimate of drug-likeness (QED) is 0.503. The molecule has 2 nitrogen and oxygen atoms in total. The average molecular weight is 226 g/mol. The fraction of sp³-hybridized carbons (Fsp3) is 0.400. The van der Waals surface area contributed by atoms with Gasteiger partial charge < -0.3 is 5.11 Å². The summed E-state index contributed by atoms with van der Waals surface area (Å²) < 4.78 is 0. The lowest BCUT2D eigenvalue weighted by molar-refractivity contribution is -0.115. The summed E-state index contributed by atoms with van der Waals surface area (Å²) in [6.45, 7) is 3.85. The van der Waals surface area contributed by atoms with Crippen LogP contribution in [0.2, 0.25) is 0 Å². The van der Waals surface area contributed by atoms with Gasteiger partial charge in [0.1, 0.15) is 0 Å². The lowest BCUT2D eigenvalue weighted by atomic mass is 9.87. The van der Waals surface area contributed by atoms with Gasteiger partial charge in [-0.15, -0.1) is 0 Å². The first-order valence-corrected chi connectivity index (χ1v) is 5.63. The number of rotatable bonds is 0. The summed E-state index contributed by atoms with van der Waals surface area (Å²) in [7, 11) is 0. The minimum Gasteiger partial charge on any atom is -0.389 e. The maximum absolute atomic E-state index is 11.5. The molecule has 2 aliphatic carbocycles. The Morgan fingerprint density at radius 1 is 1.41 bits per heavy atom. The van der Waals surface area contributed by atoms with E-state index in [2.05, 4.69) is 23.7 Å². The van der Waals surface area contributed by atoms with Gasteiger partial charge in [-0.2, -0.15) is 0 Å². The van der Waals surface area contributed by atoms with E-state index >= 15 is 0 Å². The summed E-state index contributed by atoms with van der Waals surface area (Å²) in [4.78, 5) is 11.5. The number of hydrogen-bond acceptors (Lipinski definition) is 2. The van der Waals surface area contributed by atoms with E-state index in [0.29, 0.717) is 12.8 Å². The van der Waals surface area contributed by atoms with Gasteiger partial charge in [0.2, 0.25) is 5.78 Å². The van der Waals surface area contributed by atoms with Gasteiger partial charge in [-0.1, -0.05) is 17.8 Å². The normalized spacial score (nSPS) is 28.6. The third kappa shape index (κ3) is 2.87. The SMILES string of the molecule is CC1(C)C#CC2=CC(O)C/C2=C/C#CC(=O)C1. The van der Waals surface area contributed by atoms with Crippen molar-refractivity contribution in [1.82, 2.24) is 0 Å². The number of fused-ring (bicyclic) bond motifs is 1. The molecule has 0 aliphatic heterocycles. The molecule has 1 atom stereocenters. The molecule has 86 valence electrons. The monoisotopic (exact) mass is 226 g/mol. The molecule has 2 heteroatoms. The van der Waals surface area contributed by atoms with Gasteiger partial charge >= 0.3 is 0 Å². The van der Waals surface area contributed by atoms with Crippen LogP contribution in [0.4, 0.5) is 0 Å². The highest BCUT2D eigenvalue weighted by atomic mass is 16.3. The van der Waals surface area contributed by atoms with Gasteiger partial charge in [0, 0.05) is 23.8 Å². The number of aliphatic hydroxyl groups excluding tert-OH is 1. The van der Waals surface area contributed by atoms with Crippen LogP contribution < -0.4 is 0 Å². The highest BCUT2D eigenvalue weighted by Gasteiger charge is 2.21. The Morgan fingerprint density at radius 3 is 2.94 bits per heavy atom. The second-order valence-corrected chi connectivity index (χ2v) is 5.02. The topological polar surface area (TPSA) is 37.3 Å². The number of allylic oxidation sites excluding steroid dienone is 2. The molecule has 0 saturated heterocycles. The molecule has 1 unspecified atom stereocenters. The van der Waals surface area contributed by atoms with Crippen molar-refractivity contribution in [3.63, 3.8) is 0 Å². The zero-order valence-electron chi connectivity index (χ0n) is 10.0. The zero-order valence-corrected chi connectivity index (χ0v) is 10.0. The minimum absolute atomic E-state index is 0.0906. The summed E-state index contributed by atoms with van der Waals surface area (Å²) in [6, 6.07) is 0. The van der Waals surface area contributed by atoms with Crippen molar-refractivity contribution < 1.29 is 9.90 Å². The number of hydrogen-bond donors (Lipinski definition) is 1. The van der Waals surface area contributed by atoms with Crippen molar-refractivity contribution in [1.29, 1.82) is 0 Å². The number of ketones is 1. The Kier molecular flexibility index (Phi) is 2.92. The van der Waals surface area contributed by atoms with E-state index in [-0.39, 0.29) is 11.2 Å². The van der Waals surface area contributed by atoms with Gasteiger partial charge in [0.25, 0.3) is 0 Å². The molecule has 0 aromatic carbocycles. The van der Waals surface area contributed by atoms with Crippen molar-refractivity contribution in [3.05, 3.63) is 23.3 Å². The first-order chi connectivity index (χ1) is 7.96. The average Bonchev–Trinajstić information content (AvgIpc) is 2.55. The van der Waals surface area contributed by atoms with Gasteiger partial charge in [-0.05, 0) is 37.5 Å². The number of aliphatic hydroxyl groups is 1. The molecule has 17 heavy (non-hydrogen) atoms. The Bertz CT molecular complexity index is 539. The van der Waals surface area contributed by atoms with Crippen LogP contribution in [-0.2, 0) is 4.79 Å². The number of Topliss-reactive ketones (excluding diaryl/α,β-unsaturated/α-hetero) is 1. The third-order valence-electron chi connectivity index (χ3n) is 2.73. The molecule has 1 N–H and O–H groups in total. The molecule has 2 rings (SSSR count). The predicted molar refractivity (Wildman–Crippen MR) is 65.7 cm³/mol. The maximum Gasteiger partial charge on any atom is 0.207 e. The lowest BCUT2D eigenvalue weighted by Crippen LogP contribution is -2.14. The van der Waals surface area contributed by atoms with Crippen LogP contribution in [0.3, 0.4) is 0 Å². The van der Waals surface area contributed by atoms with Gasteiger partial charge in [-0.3, -0.25) is 4.79 Å². The summed E-state index contributed by atoms with van der Waals surface area (Å²) >= 11 is 0. The van der Waals surface area contributed by atoms with Crippen molar-refractivity contribution in [2.45, 2.75) is 32.8 Å². The molecule has 0 aromatic heterocycles. The van der Waals surface area contributed by atoms with Crippen LogP contribution in [-0.4, -0.2) is 17.0 Å². The molecule has 2 aliphatic rings. The largest absolute Gasteiger partial charge is 0.389 e. The molecule has 0 bridgehead atoms. The summed E-state index contributed by atoms with van der Waals surface area (Å²) in [5, 5.41) is 9.57. The van der Waals surface area contributed by atoms with E-state index in [4.69, 9.17) is 0 Å². The Morgan fingerprint density at radius 2 is 2.18 bits per heavy atom. The molecular weight excluding hydrogens is 212 g/mol. The molecule has 0 aromatic rings. The van der Waals surface area contributed by atoms with E-state index in [0.717, 1.165) is 11.1 Å². The fourth-order valence-corrected chi connectivity index (χ4v) is 1.88. The highest BCUT2D eigenvalue weighted by Crippen LogP contribution is 2.26. The van der Waals surface area contributed by atoms with Crippen LogP contribution in [0, 0.1) is 29.1 Å². The molecule has 0 heterocycles. The lowest BCUT2D eigenvalue weighted by Gasteiger charge is -2.14. The number of carbonyl (C=O) groups excluding carboxylic acids is 1. The van der Waals surface area contributed by atoms with E-state index < -0.39 is 6.10 Å². The minimum atomic E-state index is -0.480. The molecule has 0 radical (unpaired) electrons. The van der Waals surface area contributed by atoms with Crippen LogP contribution in [0.25, 0.3) is 0 Å². The summed E-state index contributed by atoms with van der Waals surface area (Å²) in [6.07, 6.45) is 3.83.